The van der Waals surface area contributed by atoms with Crippen LogP contribution < -0.4 is 0 Å². The van der Waals surface area contributed by atoms with Crippen molar-refractivity contribution in [2.45, 2.75) is 51.9 Å². The van der Waals surface area contributed by atoms with Gasteiger partial charge in [0.25, 0.3) is 0 Å². The van der Waals surface area contributed by atoms with E-state index in [-0.39, 0.29) is 11.4 Å². The van der Waals surface area contributed by atoms with Crippen molar-refractivity contribution in [3.05, 3.63) is 65.7 Å². The van der Waals surface area contributed by atoms with Gasteiger partial charge in [-0.15, -0.1) is 0 Å². The molecule has 3 heteroatoms. The SMILES string of the molecule is CC(CCCC(C)(C)c1ccc(O)cc1)CCOC(=O)c1ccccc1. The van der Waals surface area contributed by atoms with Crippen molar-refractivity contribution in [1.82, 2.24) is 0 Å². The van der Waals surface area contributed by atoms with Crippen molar-refractivity contribution in [3.8, 4) is 5.75 Å². The molecular weight excluding hydrogens is 324 g/mol. The number of phenolic OH excluding ortho intramolecular Hbond substituents is 1. The largest absolute Gasteiger partial charge is 0.508 e. The Labute approximate surface area is 157 Å². The van der Waals surface area contributed by atoms with Crippen LogP contribution in [0.5, 0.6) is 5.75 Å². The van der Waals surface area contributed by atoms with Crippen molar-refractivity contribution >= 4 is 5.97 Å². The third-order valence-electron chi connectivity index (χ3n) is 5.00. The fourth-order valence-corrected chi connectivity index (χ4v) is 3.10. The molecule has 0 bridgehead atoms. The quantitative estimate of drug-likeness (QED) is 0.586. The number of hydrogen-bond acceptors (Lipinski definition) is 3. The highest BCUT2D eigenvalue weighted by Gasteiger charge is 2.20. The summed E-state index contributed by atoms with van der Waals surface area (Å²) in [5.74, 6) is 0.587. The standard InChI is InChI=1S/C23H30O3/c1-18(15-17-26-22(25)19-9-5-4-6-10-19)8-7-16-23(2,3)20-11-13-21(24)14-12-20/h4-6,9-14,18,24H,7-8,15-17H2,1-3H3. The Bertz CT molecular complexity index is 674. The van der Waals surface area contributed by atoms with Crippen molar-refractivity contribution < 1.29 is 14.6 Å². The first kappa shape index (κ1) is 20.0. The number of carbonyl (C=O) groups excluding carboxylic acids is 1. The normalized spacial score (nSPS) is 12.6. The number of phenols is 1. The molecule has 26 heavy (non-hydrogen) atoms. The molecule has 1 N–H and O–H groups in total. The Morgan fingerprint density at radius 1 is 1.04 bits per heavy atom. The van der Waals surface area contributed by atoms with E-state index < -0.39 is 0 Å². The first-order valence-corrected chi connectivity index (χ1v) is 9.40. The van der Waals surface area contributed by atoms with Gasteiger partial charge in [0.15, 0.2) is 0 Å². The Balaban J connectivity index is 1.67. The predicted molar refractivity (Wildman–Crippen MR) is 105 cm³/mol. The van der Waals surface area contributed by atoms with Gasteiger partial charge in [-0.3, -0.25) is 0 Å². The number of aromatic hydroxyl groups is 1. The lowest BCUT2D eigenvalue weighted by Crippen LogP contribution is -2.17. The maximum atomic E-state index is 11.9. The van der Waals surface area contributed by atoms with Crippen LogP contribution in [0, 0.1) is 5.92 Å². The van der Waals surface area contributed by atoms with Gasteiger partial charge in [-0.1, -0.05) is 63.9 Å². The van der Waals surface area contributed by atoms with Crippen LogP contribution in [0.2, 0.25) is 0 Å². The second kappa shape index (κ2) is 9.42. The summed E-state index contributed by atoms with van der Waals surface area (Å²) in [5.41, 5.74) is 1.95. The number of hydrogen-bond donors (Lipinski definition) is 1. The van der Waals surface area contributed by atoms with Gasteiger partial charge in [-0.2, -0.15) is 0 Å². The van der Waals surface area contributed by atoms with E-state index in [1.165, 1.54) is 5.56 Å². The van der Waals surface area contributed by atoms with Crippen molar-refractivity contribution in [3.63, 3.8) is 0 Å². The lowest BCUT2D eigenvalue weighted by atomic mass is 9.79. The van der Waals surface area contributed by atoms with Crippen LogP contribution in [0.4, 0.5) is 0 Å². The maximum Gasteiger partial charge on any atom is 0.338 e. The topological polar surface area (TPSA) is 46.5 Å². The Morgan fingerprint density at radius 3 is 2.35 bits per heavy atom. The Hall–Kier alpha value is -2.29. The molecule has 1 unspecified atom stereocenters. The highest BCUT2D eigenvalue weighted by atomic mass is 16.5. The molecule has 0 amide bonds. The number of benzene rings is 2. The molecule has 2 rings (SSSR count). The Morgan fingerprint density at radius 2 is 1.69 bits per heavy atom. The van der Waals surface area contributed by atoms with E-state index in [9.17, 15) is 9.90 Å². The molecule has 2 aromatic carbocycles. The average molecular weight is 354 g/mol. The highest BCUT2D eigenvalue weighted by Crippen LogP contribution is 2.31. The van der Waals surface area contributed by atoms with Gasteiger partial charge in [0.05, 0.1) is 12.2 Å². The van der Waals surface area contributed by atoms with Gasteiger partial charge in [-0.05, 0) is 54.0 Å². The summed E-state index contributed by atoms with van der Waals surface area (Å²) in [5, 5.41) is 9.43. The molecule has 3 nitrogen and oxygen atoms in total. The van der Waals surface area contributed by atoms with E-state index in [0.29, 0.717) is 23.8 Å². The van der Waals surface area contributed by atoms with E-state index in [0.717, 1.165) is 25.7 Å². The zero-order valence-corrected chi connectivity index (χ0v) is 16.1. The second-order valence-electron chi connectivity index (χ2n) is 7.72. The van der Waals surface area contributed by atoms with Crippen LogP contribution in [-0.2, 0) is 10.2 Å². The molecule has 140 valence electrons. The summed E-state index contributed by atoms with van der Waals surface area (Å²) < 4.78 is 5.36. The van der Waals surface area contributed by atoms with E-state index in [1.807, 2.05) is 30.3 Å². The van der Waals surface area contributed by atoms with Gasteiger partial charge in [0, 0.05) is 0 Å². The summed E-state index contributed by atoms with van der Waals surface area (Å²) in [6, 6.07) is 16.6. The van der Waals surface area contributed by atoms with Crippen LogP contribution in [0.15, 0.2) is 54.6 Å². The van der Waals surface area contributed by atoms with E-state index >= 15 is 0 Å². The molecule has 0 fully saturated rings. The molecule has 0 saturated heterocycles. The monoisotopic (exact) mass is 354 g/mol. The summed E-state index contributed by atoms with van der Waals surface area (Å²) in [6.07, 6.45) is 4.22. The molecule has 0 spiro atoms. The van der Waals surface area contributed by atoms with Crippen molar-refractivity contribution in [1.29, 1.82) is 0 Å². The third kappa shape index (κ3) is 6.21. The van der Waals surface area contributed by atoms with Gasteiger partial charge in [0.1, 0.15) is 5.75 Å². The second-order valence-corrected chi connectivity index (χ2v) is 7.72. The summed E-state index contributed by atoms with van der Waals surface area (Å²) in [6.45, 7) is 7.16. The van der Waals surface area contributed by atoms with Gasteiger partial charge in [-0.25, -0.2) is 4.79 Å². The number of esters is 1. The van der Waals surface area contributed by atoms with Gasteiger partial charge in [0.2, 0.25) is 0 Å². The van der Waals surface area contributed by atoms with E-state index in [4.69, 9.17) is 4.74 Å². The van der Waals surface area contributed by atoms with Crippen LogP contribution in [0.25, 0.3) is 0 Å². The molecular formula is C23H30O3. The van der Waals surface area contributed by atoms with Gasteiger partial charge < -0.3 is 9.84 Å². The Kier molecular flexibility index (Phi) is 7.26. The van der Waals surface area contributed by atoms with Crippen molar-refractivity contribution in [2.75, 3.05) is 6.61 Å². The van der Waals surface area contributed by atoms with Gasteiger partial charge >= 0.3 is 5.97 Å². The van der Waals surface area contributed by atoms with Crippen molar-refractivity contribution in [2.24, 2.45) is 5.92 Å². The summed E-state index contributed by atoms with van der Waals surface area (Å²) in [4.78, 5) is 11.9. The molecule has 0 radical (unpaired) electrons. The highest BCUT2D eigenvalue weighted by molar-refractivity contribution is 5.89. The molecule has 0 aliphatic heterocycles. The third-order valence-corrected chi connectivity index (χ3v) is 5.00. The minimum atomic E-state index is -0.244. The molecule has 1 atom stereocenters. The average Bonchev–Trinajstić information content (AvgIpc) is 2.62. The molecule has 0 aliphatic carbocycles. The van der Waals surface area contributed by atoms with E-state index in [1.54, 1.807) is 24.3 Å². The lowest BCUT2D eigenvalue weighted by Gasteiger charge is -2.26. The molecule has 0 heterocycles. The molecule has 2 aromatic rings. The summed E-state index contributed by atoms with van der Waals surface area (Å²) in [7, 11) is 0. The minimum absolute atomic E-state index is 0.0905. The minimum Gasteiger partial charge on any atom is -0.508 e. The van der Waals surface area contributed by atoms with Crippen LogP contribution >= 0.6 is 0 Å². The molecule has 0 saturated carbocycles. The lowest BCUT2D eigenvalue weighted by molar-refractivity contribution is 0.0483. The van der Waals surface area contributed by atoms with Crippen LogP contribution in [0.1, 0.15) is 62.4 Å². The number of carbonyl (C=O) groups is 1. The first-order chi connectivity index (χ1) is 12.4. The number of rotatable bonds is 9. The smallest absolute Gasteiger partial charge is 0.338 e. The fraction of sp³-hybridized carbons (Fsp3) is 0.435. The zero-order chi connectivity index (χ0) is 19.0. The maximum absolute atomic E-state index is 11.9. The van der Waals surface area contributed by atoms with E-state index in [2.05, 4.69) is 20.8 Å². The molecule has 0 aliphatic rings. The number of ether oxygens (including phenoxy) is 1. The molecule has 0 aromatic heterocycles. The van der Waals surface area contributed by atoms with Crippen LogP contribution in [0.3, 0.4) is 0 Å². The zero-order valence-electron chi connectivity index (χ0n) is 16.1. The first-order valence-electron chi connectivity index (χ1n) is 9.40. The predicted octanol–water partition coefficient (Wildman–Crippen LogP) is 5.72. The fourth-order valence-electron chi connectivity index (χ4n) is 3.10. The van der Waals surface area contributed by atoms with Crippen LogP contribution in [-0.4, -0.2) is 17.7 Å². The summed E-state index contributed by atoms with van der Waals surface area (Å²) >= 11 is 0.